The van der Waals surface area contributed by atoms with Crippen LogP contribution in [0.5, 0.6) is 11.5 Å². The lowest BCUT2D eigenvalue weighted by Gasteiger charge is -2.20. The van der Waals surface area contributed by atoms with Crippen molar-refractivity contribution in [3.8, 4) is 11.5 Å². The molecule has 190 valence electrons. The van der Waals surface area contributed by atoms with Crippen LogP contribution in [0, 0.1) is 26.1 Å². The first kappa shape index (κ1) is 26.5. The van der Waals surface area contributed by atoms with Gasteiger partial charge in [-0.15, -0.1) is 0 Å². The maximum Gasteiger partial charge on any atom is 0.318 e. The molecule has 0 bridgehead atoms. The Morgan fingerprint density at radius 2 is 1.68 bits per heavy atom. The van der Waals surface area contributed by atoms with Crippen molar-refractivity contribution in [3.05, 3.63) is 104 Å². The number of nitro groups is 2. The number of nitro benzene ring substituents is 2. The largest absolute Gasteiger partial charge is 0.450 e. The van der Waals surface area contributed by atoms with E-state index in [4.69, 9.17) is 4.74 Å². The van der Waals surface area contributed by atoms with E-state index in [0.29, 0.717) is 11.1 Å². The summed E-state index contributed by atoms with van der Waals surface area (Å²) in [6.07, 6.45) is 1.34. The number of rotatable bonds is 10. The van der Waals surface area contributed by atoms with E-state index >= 15 is 0 Å². The minimum Gasteiger partial charge on any atom is -0.450 e. The fraction of sp³-hybridized carbons (Fsp3) is 0.160. The molecule has 0 radical (unpaired) electrons. The number of hydrazone groups is 1. The highest BCUT2D eigenvalue weighted by Gasteiger charge is 2.24. The van der Waals surface area contributed by atoms with Gasteiger partial charge in [0, 0.05) is 11.6 Å². The van der Waals surface area contributed by atoms with Crippen LogP contribution in [0.15, 0.2) is 77.9 Å². The molecule has 12 heteroatoms. The highest BCUT2D eigenvalue weighted by Crippen LogP contribution is 2.34. The number of non-ortho nitro benzene ring substituents is 1. The van der Waals surface area contributed by atoms with Gasteiger partial charge in [0.15, 0.2) is 0 Å². The summed E-state index contributed by atoms with van der Waals surface area (Å²) >= 11 is 0. The predicted octanol–water partition coefficient (Wildman–Crippen LogP) is 4.20. The number of nitrogens with one attached hydrogen (secondary N) is 2. The molecular formula is C25H23N5O7. The quantitative estimate of drug-likeness (QED) is 0.237. The molecule has 0 aliphatic carbocycles. The highest BCUT2D eigenvalue weighted by atomic mass is 16.6. The molecule has 0 spiro atoms. The van der Waals surface area contributed by atoms with Gasteiger partial charge in [-0.25, -0.2) is 5.43 Å². The number of ether oxygens (including phenoxy) is 1. The molecule has 3 rings (SSSR count). The van der Waals surface area contributed by atoms with Crippen LogP contribution in [0.25, 0.3) is 0 Å². The summed E-state index contributed by atoms with van der Waals surface area (Å²) in [5.74, 6) is -1.07. The molecule has 0 heterocycles. The number of hydrogen-bond donors (Lipinski definition) is 2. The smallest absolute Gasteiger partial charge is 0.318 e. The molecule has 3 aromatic carbocycles. The van der Waals surface area contributed by atoms with Crippen molar-refractivity contribution in [1.82, 2.24) is 10.7 Å². The zero-order chi connectivity index (χ0) is 26.9. The normalized spacial score (nSPS) is 11.6. The van der Waals surface area contributed by atoms with Crippen LogP contribution in [-0.4, -0.2) is 33.9 Å². The standard InChI is InChI=1S/C25H23N5O7/c1-16(2)23(27-24(31)18-8-4-3-5-9-18)25(32)28-26-15-17-7-6-10-20(13-17)37-22-12-11-19(29(33)34)14-21(22)30(35)36/h3-16,23H,1-2H3,(H,27,31)(H,28,32)/b26-15+. The van der Waals surface area contributed by atoms with Crippen LogP contribution in [0.1, 0.15) is 29.8 Å². The molecule has 0 fully saturated rings. The first-order valence-electron chi connectivity index (χ1n) is 11.0. The first-order chi connectivity index (χ1) is 17.7. The van der Waals surface area contributed by atoms with Gasteiger partial charge in [0.05, 0.1) is 22.1 Å². The summed E-state index contributed by atoms with van der Waals surface area (Å²) in [6, 6.07) is 17.1. The second kappa shape index (κ2) is 12.0. The van der Waals surface area contributed by atoms with E-state index in [-0.39, 0.29) is 23.3 Å². The predicted molar refractivity (Wildman–Crippen MR) is 135 cm³/mol. The van der Waals surface area contributed by atoms with Crippen molar-refractivity contribution in [1.29, 1.82) is 0 Å². The fourth-order valence-corrected chi connectivity index (χ4v) is 3.22. The minimum atomic E-state index is -0.831. The van der Waals surface area contributed by atoms with Crippen molar-refractivity contribution in [2.75, 3.05) is 0 Å². The van der Waals surface area contributed by atoms with Gasteiger partial charge >= 0.3 is 5.69 Å². The molecular weight excluding hydrogens is 482 g/mol. The summed E-state index contributed by atoms with van der Waals surface area (Å²) < 4.78 is 5.57. The van der Waals surface area contributed by atoms with Crippen molar-refractivity contribution in [3.63, 3.8) is 0 Å². The Bertz CT molecular complexity index is 1340. The zero-order valence-corrected chi connectivity index (χ0v) is 19.9. The van der Waals surface area contributed by atoms with Gasteiger partial charge in [-0.1, -0.05) is 44.2 Å². The number of carbonyl (C=O) groups is 2. The van der Waals surface area contributed by atoms with Crippen molar-refractivity contribution < 1.29 is 24.2 Å². The Kier molecular flexibility index (Phi) is 8.60. The van der Waals surface area contributed by atoms with Crippen molar-refractivity contribution in [2.45, 2.75) is 19.9 Å². The molecule has 3 aromatic rings. The number of hydrogen-bond acceptors (Lipinski definition) is 8. The Labute approximate surface area is 211 Å². The molecule has 12 nitrogen and oxygen atoms in total. The Hall–Kier alpha value is -5.13. The third-order valence-corrected chi connectivity index (χ3v) is 5.10. The van der Waals surface area contributed by atoms with Gasteiger partial charge in [-0.2, -0.15) is 5.10 Å². The molecule has 0 aliphatic rings. The van der Waals surface area contributed by atoms with E-state index in [1.165, 1.54) is 18.3 Å². The Morgan fingerprint density at radius 3 is 2.32 bits per heavy atom. The lowest BCUT2D eigenvalue weighted by Crippen LogP contribution is -2.48. The summed E-state index contributed by atoms with van der Waals surface area (Å²) in [5, 5.41) is 28.9. The van der Waals surface area contributed by atoms with E-state index in [9.17, 15) is 29.8 Å². The summed E-state index contributed by atoms with van der Waals surface area (Å²) in [7, 11) is 0. The molecule has 2 amide bonds. The SMILES string of the molecule is CC(C)C(NC(=O)c1ccccc1)C(=O)N/N=C/c1cccc(Oc2ccc([N+](=O)[O-])cc2[N+](=O)[O-])c1. The third kappa shape index (κ3) is 7.18. The monoisotopic (exact) mass is 505 g/mol. The van der Waals surface area contributed by atoms with Crippen LogP contribution < -0.4 is 15.5 Å². The summed E-state index contributed by atoms with van der Waals surface area (Å²) in [4.78, 5) is 45.8. The molecule has 0 aliphatic heterocycles. The maximum absolute atomic E-state index is 12.7. The lowest BCUT2D eigenvalue weighted by atomic mass is 10.0. The van der Waals surface area contributed by atoms with Crippen LogP contribution in [-0.2, 0) is 4.79 Å². The number of amides is 2. The third-order valence-electron chi connectivity index (χ3n) is 5.10. The molecule has 37 heavy (non-hydrogen) atoms. The summed E-state index contributed by atoms with van der Waals surface area (Å²) in [6.45, 7) is 3.58. The van der Waals surface area contributed by atoms with Crippen LogP contribution in [0.3, 0.4) is 0 Å². The van der Waals surface area contributed by atoms with Crippen molar-refractivity contribution in [2.24, 2.45) is 11.0 Å². The van der Waals surface area contributed by atoms with Gasteiger partial charge < -0.3 is 10.1 Å². The zero-order valence-electron chi connectivity index (χ0n) is 19.9. The van der Waals surface area contributed by atoms with E-state index in [1.807, 2.05) is 0 Å². The molecule has 0 saturated heterocycles. The van der Waals surface area contributed by atoms with Gasteiger partial charge in [0.25, 0.3) is 17.5 Å². The van der Waals surface area contributed by atoms with E-state index in [0.717, 1.165) is 18.2 Å². The van der Waals surface area contributed by atoms with Crippen LogP contribution in [0.4, 0.5) is 11.4 Å². The lowest BCUT2D eigenvalue weighted by molar-refractivity contribution is -0.394. The minimum absolute atomic E-state index is 0.174. The Morgan fingerprint density at radius 1 is 0.946 bits per heavy atom. The van der Waals surface area contributed by atoms with E-state index in [1.54, 1.807) is 56.3 Å². The number of carbonyl (C=O) groups excluding carboxylic acids is 2. The first-order valence-corrected chi connectivity index (χ1v) is 11.0. The topological polar surface area (TPSA) is 166 Å². The van der Waals surface area contributed by atoms with Gasteiger partial charge in [0.2, 0.25) is 5.75 Å². The van der Waals surface area contributed by atoms with E-state index in [2.05, 4.69) is 15.8 Å². The molecule has 0 aromatic heterocycles. The average molecular weight is 505 g/mol. The molecule has 1 atom stereocenters. The average Bonchev–Trinajstić information content (AvgIpc) is 2.87. The number of nitrogens with zero attached hydrogens (tertiary/aromatic N) is 3. The van der Waals surface area contributed by atoms with Crippen LogP contribution in [0.2, 0.25) is 0 Å². The van der Waals surface area contributed by atoms with Gasteiger partial charge in [0.1, 0.15) is 11.8 Å². The molecule has 0 saturated carbocycles. The highest BCUT2D eigenvalue weighted by molar-refractivity contribution is 5.97. The maximum atomic E-state index is 12.7. The second-order valence-electron chi connectivity index (χ2n) is 8.14. The van der Waals surface area contributed by atoms with E-state index < -0.39 is 33.2 Å². The Balaban J connectivity index is 1.68. The van der Waals surface area contributed by atoms with Crippen molar-refractivity contribution >= 4 is 29.4 Å². The number of benzene rings is 3. The summed E-state index contributed by atoms with van der Waals surface area (Å²) in [5.41, 5.74) is 2.33. The van der Waals surface area contributed by atoms with Gasteiger partial charge in [-0.3, -0.25) is 29.8 Å². The van der Waals surface area contributed by atoms with Gasteiger partial charge in [-0.05, 0) is 41.8 Å². The molecule has 2 N–H and O–H groups in total. The fourth-order valence-electron chi connectivity index (χ4n) is 3.22. The van der Waals surface area contributed by atoms with Crippen LogP contribution >= 0.6 is 0 Å². The molecule has 1 unspecified atom stereocenters. The second-order valence-corrected chi connectivity index (χ2v) is 8.14.